The van der Waals surface area contributed by atoms with E-state index >= 15 is 0 Å². The van der Waals surface area contributed by atoms with E-state index in [0.717, 1.165) is 17.9 Å². The van der Waals surface area contributed by atoms with Gasteiger partial charge in [-0.3, -0.25) is 0 Å². The van der Waals surface area contributed by atoms with Gasteiger partial charge in [0.05, 0.1) is 11.0 Å². The third-order valence-corrected chi connectivity index (χ3v) is 4.29. The largest absolute Gasteiger partial charge is 0.331 e. The van der Waals surface area contributed by atoms with Crippen LogP contribution >= 0.6 is 0 Å². The number of aryl methyl sites for hydroxylation is 1. The first-order valence-electron chi connectivity index (χ1n) is 7.67. The minimum atomic E-state index is 0.0804. The van der Waals surface area contributed by atoms with Crippen molar-refractivity contribution in [2.24, 2.45) is 7.05 Å². The standard InChI is InChI=1S/C17H25N3/c1-17(2,3)16-19-14-11-12(8-9-15(14)20(16)4)13-7-5-6-10-18-13/h8-9,11,13,18H,5-7,10H2,1-4H3. The van der Waals surface area contributed by atoms with Crippen LogP contribution in [0.3, 0.4) is 0 Å². The zero-order chi connectivity index (χ0) is 14.3. The van der Waals surface area contributed by atoms with Crippen LogP contribution in [0.15, 0.2) is 18.2 Å². The van der Waals surface area contributed by atoms with Crippen LogP contribution in [-0.2, 0) is 12.5 Å². The maximum absolute atomic E-state index is 4.87. The van der Waals surface area contributed by atoms with E-state index in [9.17, 15) is 0 Å². The Kier molecular flexibility index (Phi) is 3.33. The van der Waals surface area contributed by atoms with E-state index in [2.05, 4.69) is 55.9 Å². The van der Waals surface area contributed by atoms with Gasteiger partial charge in [0.15, 0.2) is 0 Å². The Bertz CT molecular complexity index is 613. The molecular weight excluding hydrogens is 246 g/mol. The van der Waals surface area contributed by atoms with Crippen LogP contribution in [0.4, 0.5) is 0 Å². The van der Waals surface area contributed by atoms with Gasteiger partial charge in [-0.25, -0.2) is 4.98 Å². The van der Waals surface area contributed by atoms with Gasteiger partial charge < -0.3 is 9.88 Å². The van der Waals surface area contributed by atoms with Crippen molar-refractivity contribution in [3.63, 3.8) is 0 Å². The smallest absolute Gasteiger partial charge is 0.115 e. The molecule has 0 bridgehead atoms. The molecule has 3 nitrogen and oxygen atoms in total. The summed E-state index contributed by atoms with van der Waals surface area (Å²) < 4.78 is 2.23. The minimum absolute atomic E-state index is 0.0804. The first-order valence-corrected chi connectivity index (χ1v) is 7.67. The highest BCUT2D eigenvalue weighted by atomic mass is 15.1. The molecule has 1 unspecified atom stereocenters. The zero-order valence-corrected chi connectivity index (χ0v) is 13.0. The van der Waals surface area contributed by atoms with Crippen LogP contribution in [0.1, 0.15) is 57.5 Å². The maximum Gasteiger partial charge on any atom is 0.115 e. The summed E-state index contributed by atoms with van der Waals surface area (Å²) in [7, 11) is 2.12. The molecular formula is C17H25N3. The minimum Gasteiger partial charge on any atom is -0.331 e. The molecule has 3 rings (SSSR count). The molecule has 20 heavy (non-hydrogen) atoms. The highest BCUT2D eigenvalue weighted by Crippen LogP contribution is 2.29. The molecule has 0 radical (unpaired) electrons. The Morgan fingerprint density at radius 2 is 2.05 bits per heavy atom. The van der Waals surface area contributed by atoms with Crippen LogP contribution in [0.5, 0.6) is 0 Å². The van der Waals surface area contributed by atoms with Crippen molar-refractivity contribution in [1.82, 2.24) is 14.9 Å². The van der Waals surface area contributed by atoms with Gasteiger partial charge in [-0.05, 0) is 37.1 Å². The number of nitrogens with zero attached hydrogens (tertiary/aromatic N) is 2. The molecule has 1 aliphatic heterocycles. The van der Waals surface area contributed by atoms with Crippen molar-refractivity contribution in [3.8, 4) is 0 Å². The Balaban J connectivity index is 2.03. The van der Waals surface area contributed by atoms with Crippen LogP contribution in [0.2, 0.25) is 0 Å². The monoisotopic (exact) mass is 271 g/mol. The molecule has 1 fully saturated rings. The fourth-order valence-corrected chi connectivity index (χ4v) is 3.24. The first-order chi connectivity index (χ1) is 9.47. The van der Waals surface area contributed by atoms with E-state index in [1.165, 1.54) is 30.3 Å². The summed E-state index contributed by atoms with van der Waals surface area (Å²) in [6.07, 6.45) is 3.87. The summed E-state index contributed by atoms with van der Waals surface area (Å²) in [4.78, 5) is 4.87. The molecule has 0 amide bonds. The lowest BCUT2D eigenvalue weighted by Gasteiger charge is -2.23. The predicted molar refractivity (Wildman–Crippen MR) is 84.0 cm³/mol. The average molecular weight is 271 g/mol. The molecule has 1 N–H and O–H groups in total. The topological polar surface area (TPSA) is 29.9 Å². The quantitative estimate of drug-likeness (QED) is 0.857. The van der Waals surface area contributed by atoms with Gasteiger partial charge >= 0.3 is 0 Å². The number of imidazole rings is 1. The normalized spacial score (nSPS) is 20.5. The number of benzene rings is 1. The number of aromatic nitrogens is 2. The average Bonchev–Trinajstić information content (AvgIpc) is 2.77. The van der Waals surface area contributed by atoms with E-state index in [4.69, 9.17) is 4.98 Å². The number of hydrogen-bond donors (Lipinski definition) is 1. The summed E-state index contributed by atoms with van der Waals surface area (Å²) in [6.45, 7) is 7.80. The van der Waals surface area contributed by atoms with Gasteiger partial charge in [0.2, 0.25) is 0 Å². The molecule has 108 valence electrons. The Labute approximate surface area is 121 Å². The molecule has 0 saturated carbocycles. The number of hydrogen-bond acceptors (Lipinski definition) is 2. The zero-order valence-electron chi connectivity index (χ0n) is 13.0. The molecule has 0 spiro atoms. The first kappa shape index (κ1) is 13.6. The molecule has 1 saturated heterocycles. The fraction of sp³-hybridized carbons (Fsp3) is 0.588. The maximum atomic E-state index is 4.87. The third-order valence-electron chi connectivity index (χ3n) is 4.29. The summed E-state index contributed by atoms with van der Waals surface area (Å²) >= 11 is 0. The third kappa shape index (κ3) is 2.35. The summed E-state index contributed by atoms with van der Waals surface area (Å²) in [5.74, 6) is 1.15. The number of nitrogens with one attached hydrogen (secondary N) is 1. The van der Waals surface area contributed by atoms with Gasteiger partial charge in [0.25, 0.3) is 0 Å². The molecule has 1 aromatic heterocycles. The van der Waals surface area contributed by atoms with Crippen molar-refractivity contribution < 1.29 is 0 Å². The lowest BCUT2D eigenvalue weighted by atomic mass is 9.96. The molecule has 2 heterocycles. The van der Waals surface area contributed by atoms with Crippen molar-refractivity contribution in [3.05, 3.63) is 29.6 Å². The van der Waals surface area contributed by atoms with Crippen molar-refractivity contribution in [2.75, 3.05) is 6.54 Å². The van der Waals surface area contributed by atoms with Gasteiger partial charge in [-0.15, -0.1) is 0 Å². The summed E-state index contributed by atoms with van der Waals surface area (Å²) in [5, 5.41) is 3.62. The second-order valence-corrected chi connectivity index (χ2v) is 7.00. The van der Waals surface area contributed by atoms with E-state index in [1.807, 2.05) is 0 Å². The Morgan fingerprint density at radius 1 is 1.25 bits per heavy atom. The number of rotatable bonds is 1. The fourth-order valence-electron chi connectivity index (χ4n) is 3.24. The van der Waals surface area contributed by atoms with Crippen molar-refractivity contribution in [2.45, 2.75) is 51.5 Å². The number of piperidine rings is 1. The van der Waals surface area contributed by atoms with Crippen LogP contribution in [0, 0.1) is 0 Å². The second kappa shape index (κ2) is 4.88. The van der Waals surface area contributed by atoms with Gasteiger partial charge in [-0.1, -0.05) is 33.3 Å². The van der Waals surface area contributed by atoms with E-state index in [1.54, 1.807) is 0 Å². The summed E-state index contributed by atoms with van der Waals surface area (Å²) in [6, 6.07) is 7.27. The lowest BCUT2D eigenvalue weighted by molar-refractivity contribution is 0.412. The van der Waals surface area contributed by atoms with Gasteiger partial charge in [0, 0.05) is 18.5 Å². The van der Waals surface area contributed by atoms with E-state index in [-0.39, 0.29) is 5.41 Å². The highest BCUT2D eigenvalue weighted by molar-refractivity contribution is 5.77. The highest BCUT2D eigenvalue weighted by Gasteiger charge is 2.22. The molecule has 1 aliphatic rings. The van der Waals surface area contributed by atoms with Crippen molar-refractivity contribution >= 4 is 11.0 Å². The Morgan fingerprint density at radius 3 is 2.70 bits per heavy atom. The SMILES string of the molecule is Cn1c(C(C)(C)C)nc2cc(C3CCCCN3)ccc21. The summed E-state index contributed by atoms with van der Waals surface area (Å²) in [5.41, 5.74) is 3.82. The Hall–Kier alpha value is -1.35. The second-order valence-electron chi connectivity index (χ2n) is 7.00. The van der Waals surface area contributed by atoms with Crippen LogP contribution in [-0.4, -0.2) is 16.1 Å². The molecule has 1 atom stereocenters. The van der Waals surface area contributed by atoms with Crippen molar-refractivity contribution in [1.29, 1.82) is 0 Å². The predicted octanol–water partition coefficient (Wildman–Crippen LogP) is 3.69. The molecule has 0 aliphatic carbocycles. The molecule has 3 heteroatoms. The molecule has 2 aromatic rings. The van der Waals surface area contributed by atoms with Crippen LogP contribution < -0.4 is 5.32 Å². The van der Waals surface area contributed by atoms with E-state index < -0.39 is 0 Å². The van der Waals surface area contributed by atoms with E-state index in [0.29, 0.717) is 6.04 Å². The molecule has 1 aromatic carbocycles. The number of fused-ring (bicyclic) bond motifs is 1. The lowest BCUT2D eigenvalue weighted by Crippen LogP contribution is -2.26. The van der Waals surface area contributed by atoms with Gasteiger partial charge in [-0.2, -0.15) is 0 Å². The van der Waals surface area contributed by atoms with Gasteiger partial charge in [0.1, 0.15) is 5.82 Å². The van der Waals surface area contributed by atoms with Crippen LogP contribution in [0.25, 0.3) is 11.0 Å².